The SMILES string of the molecule is COc1cc(Nc2cc(Oc3ccc([As]C(=O)Nc4cc(C(C)(C)C)cc(NS(C)(=O)=O)c4OC)c4ccccc34)ccn2)ccc1C(=O)NCCN1CCC(F)(F)CC1. The monoisotopic (exact) mass is 905 g/mol. The van der Waals surface area contributed by atoms with Gasteiger partial charge in [0.2, 0.25) is 0 Å². The third-order valence-electron chi connectivity index (χ3n) is 9.76. The van der Waals surface area contributed by atoms with E-state index >= 15 is 0 Å². The molecule has 0 saturated carbocycles. The quantitative estimate of drug-likeness (QED) is 0.0777. The molecule has 4 N–H and O–H groups in total. The van der Waals surface area contributed by atoms with Crippen molar-refractivity contribution in [3.63, 3.8) is 0 Å². The number of sulfonamides is 1. The Morgan fingerprint density at radius 3 is 2.30 bits per heavy atom. The van der Waals surface area contributed by atoms with Crippen LogP contribution in [0.5, 0.6) is 23.0 Å². The van der Waals surface area contributed by atoms with E-state index < -0.39 is 31.7 Å². The number of ether oxygens (including phenoxy) is 3. The van der Waals surface area contributed by atoms with Gasteiger partial charge in [-0.1, -0.05) is 0 Å². The summed E-state index contributed by atoms with van der Waals surface area (Å²) in [5.74, 6) is -0.854. The van der Waals surface area contributed by atoms with Crippen LogP contribution in [0.15, 0.2) is 85.1 Å². The number of hydrogen-bond donors (Lipinski definition) is 4. The Hall–Kier alpha value is -5.44. The zero-order valence-corrected chi connectivity index (χ0v) is 36.9. The predicted molar refractivity (Wildman–Crippen MR) is 232 cm³/mol. The zero-order valence-electron chi connectivity index (χ0n) is 34.2. The van der Waals surface area contributed by atoms with Crippen molar-refractivity contribution in [2.75, 3.05) is 62.0 Å². The first kappa shape index (κ1) is 44.1. The Bertz CT molecular complexity index is 2490. The molecule has 2 heterocycles. The van der Waals surface area contributed by atoms with Crippen molar-refractivity contribution in [2.45, 2.75) is 45.0 Å². The zero-order chi connectivity index (χ0) is 43.2. The molecular formula is C43H48AsF2N6O7S. The molecular weight excluding hydrogens is 857 g/mol. The average molecular weight is 906 g/mol. The second kappa shape index (κ2) is 18.4. The molecule has 5 aromatic rings. The Labute approximate surface area is 355 Å². The van der Waals surface area contributed by atoms with Gasteiger partial charge in [0.05, 0.1) is 12.7 Å². The van der Waals surface area contributed by atoms with E-state index in [9.17, 15) is 26.8 Å². The number of fused-ring (bicyclic) bond motifs is 1. The molecule has 1 aromatic heterocycles. The normalized spacial score (nSPS) is 14.5. The van der Waals surface area contributed by atoms with Gasteiger partial charge in [0.25, 0.3) is 11.8 Å². The summed E-state index contributed by atoms with van der Waals surface area (Å²) in [6.45, 7) is 7.36. The summed E-state index contributed by atoms with van der Waals surface area (Å²) in [6.07, 6.45) is 2.31. The van der Waals surface area contributed by atoms with E-state index in [1.165, 1.54) is 14.2 Å². The number of alkyl halides is 2. The minimum Gasteiger partial charge on any atom is -0.351 e. The van der Waals surface area contributed by atoms with Crippen LogP contribution in [-0.2, 0) is 15.4 Å². The molecule has 13 nitrogen and oxygen atoms in total. The van der Waals surface area contributed by atoms with Crippen molar-refractivity contribution in [3.05, 3.63) is 96.2 Å². The molecule has 0 aliphatic carbocycles. The number of rotatable bonds is 15. The number of piperidine rings is 1. The van der Waals surface area contributed by atoms with E-state index in [4.69, 9.17) is 14.2 Å². The molecule has 4 aromatic carbocycles. The second-order valence-electron chi connectivity index (χ2n) is 15.4. The summed E-state index contributed by atoms with van der Waals surface area (Å²) < 4.78 is 72.0. The Morgan fingerprint density at radius 2 is 1.62 bits per heavy atom. The van der Waals surface area contributed by atoms with Crippen molar-refractivity contribution in [3.8, 4) is 23.0 Å². The molecule has 1 radical (unpaired) electrons. The Morgan fingerprint density at radius 1 is 0.900 bits per heavy atom. The molecule has 317 valence electrons. The molecule has 0 spiro atoms. The second-order valence-corrected chi connectivity index (χ2v) is 19.5. The molecule has 60 heavy (non-hydrogen) atoms. The van der Waals surface area contributed by atoms with E-state index in [0.717, 1.165) is 26.9 Å². The number of hydrogen-bond acceptors (Lipinski definition) is 10. The number of carbonyl (C=O) groups is 2. The maximum atomic E-state index is 13.7. The smallest absolute Gasteiger partial charge is 0.351 e. The number of pyridine rings is 1. The molecule has 1 saturated heterocycles. The number of benzene rings is 4. The van der Waals surface area contributed by atoms with Gasteiger partial charge in [0.15, 0.2) is 0 Å². The standard InChI is InChI=1S/C43H48AsF2N6O7S/c1-42(2,3)27-23-34(39(58-5)35(24-27)51-60(6,55)56)50-41(54)44-33-13-14-36(31-10-8-7-9-30(31)33)59-29-15-18-47-38(26-29)49-28-11-12-32(37(25-28)57-4)40(53)48-19-22-52-20-16-43(45,46)17-21-52/h7-15,18,23-26,51H,16-17,19-22H2,1-6H3,(H,47,49)(H,48,53)(H,50,54). The number of amides is 2. The Kier molecular flexibility index (Phi) is 13.6. The number of likely N-dealkylation sites (tertiary alicyclic amines) is 1. The summed E-state index contributed by atoms with van der Waals surface area (Å²) in [4.78, 5) is 33.0. The third kappa shape index (κ3) is 11.4. The van der Waals surface area contributed by atoms with Gasteiger partial charge in [-0.2, -0.15) is 0 Å². The summed E-state index contributed by atoms with van der Waals surface area (Å²) in [6, 6.07) is 23.4. The van der Waals surface area contributed by atoms with Crippen LogP contribution in [0.1, 0.15) is 49.5 Å². The number of methoxy groups -OCH3 is 2. The molecule has 0 bridgehead atoms. The van der Waals surface area contributed by atoms with Gasteiger partial charge in [-0.15, -0.1) is 0 Å². The van der Waals surface area contributed by atoms with Gasteiger partial charge in [0, 0.05) is 39.0 Å². The van der Waals surface area contributed by atoms with E-state index in [-0.39, 0.29) is 40.3 Å². The molecule has 1 aliphatic heterocycles. The molecule has 2 amide bonds. The van der Waals surface area contributed by atoms with E-state index in [2.05, 4.69) is 25.7 Å². The minimum atomic E-state index is -3.63. The fraction of sp³-hybridized carbons (Fsp3) is 0.326. The van der Waals surface area contributed by atoms with Crippen LogP contribution < -0.4 is 39.2 Å². The van der Waals surface area contributed by atoms with Gasteiger partial charge >= 0.3 is 265 Å². The van der Waals surface area contributed by atoms with Crippen LogP contribution in [0.2, 0.25) is 0 Å². The van der Waals surface area contributed by atoms with E-state index in [0.29, 0.717) is 66.2 Å². The Balaban J connectivity index is 1.13. The van der Waals surface area contributed by atoms with Gasteiger partial charge in [-0.25, -0.2) is 8.78 Å². The first-order valence-electron chi connectivity index (χ1n) is 19.1. The van der Waals surface area contributed by atoms with Gasteiger partial charge in [-0.3, -0.25) is 4.79 Å². The number of nitrogens with one attached hydrogen (secondary N) is 4. The van der Waals surface area contributed by atoms with Crippen LogP contribution in [0.25, 0.3) is 10.8 Å². The third-order valence-corrected chi connectivity index (χ3v) is 12.3. The fourth-order valence-corrected chi connectivity index (χ4v) is 9.00. The molecule has 0 atom stereocenters. The van der Waals surface area contributed by atoms with Crippen molar-refractivity contribution >= 4 is 74.4 Å². The summed E-state index contributed by atoms with van der Waals surface area (Å²) in [7, 11) is -0.741. The van der Waals surface area contributed by atoms with Crippen molar-refractivity contribution in [1.29, 1.82) is 0 Å². The van der Waals surface area contributed by atoms with E-state index in [1.54, 1.807) is 48.7 Å². The van der Waals surface area contributed by atoms with Crippen LogP contribution in [0.3, 0.4) is 0 Å². The summed E-state index contributed by atoms with van der Waals surface area (Å²) in [5, 5.41) is 10.7. The molecule has 1 aliphatic rings. The van der Waals surface area contributed by atoms with Gasteiger partial charge < -0.3 is 15.0 Å². The van der Waals surface area contributed by atoms with Gasteiger partial charge in [0.1, 0.15) is 0 Å². The number of halogens is 2. The van der Waals surface area contributed by atoms with Crippen LogP contribution in [-0.4, -0.2) is 97.2 Å². The predicted octanol–water partition coefficient (Wildman–Crippen LogP) is 7.48. The van der Waals surface area contributed by atoms with Crippen LogP contribution >= 0.6 is 0 Å². The minimum absolute atomic E-state index is 0.176. The molecule has 1 fully saturated rings. The van der Waals surface area contributed by atoms with Gasteiger partial charge in [-0.05, 0) is 0 Å². The molecule has 6 rings (SSSR count). The fourth-order valence-electron chi connectivity index (χ4n) is 6.65. The first-order valence-corrected chi connectivity index (χ1v) is 22.9. The maximum absolute atomic E-state index is 13.7. The first-order chi connectivity index (χ1) is 28.4. The van der Waals surface area contributed by atoms with Crippen LogP contribution in [0.4, 0.5) is 36.5 Å². The van der Waals surface area contributed by atoms with Crippen molar-refractivity contribution in [2.24, 2.45) is 0 Å². The van der Waals surface area contributed by atoms with E-state index in [1.807, 2.05) is 62.1 Å². The summed E-state index contributed by atoms with van der Waals surface area (Å²) >= 11 is -1.08. The number of anilines is 4. The average Bonchev–Trinajstić information content (AvgIpc) is 3.18. The topological polar surface area (TPSA) is 160 Å². The number of aromatic nitrogens is 1. The number of carbonyl (C=O) groups excluding carboxylic acids is 2. The number of nitrogens with zero attached hydrogens (tertiary/aromatic N) is 2. The molecule has 17 heteroatoms. The van der Waals surface area contributed by atoms with Crippen molar-refractivity contribution in [1.82, 2.24) is 15.2 Å². The molecule has 0 unspecified atom stereocenters. The van der Waals surface area contributed by atoms with Crippen molar-refractivity contribution < 1.29 is 41.0 Å². The summed E-state index contributed by atoms with van der Waals surface area (Å²) in [5.41, 5.74) is 2.00. The van der Waals surface area contributed by atoms with Crippen LogP contribution in [0, 0.1) is 0 Å².